The van der Waals surface area contributed by atoms with Gasteiger partial charge in [-0.05, 0) is 49.3 Å². The fourth-order valence-corrected chi connectivity index (χ4v) is 3.21. The van der Waals surface area contributed by atoms with Gasteiger partial charge in [-0.15, -0.1) is 0 Å². The summed E-state index contributed by atoms with van der Waals surface area (Å²) in [5.74, 6) is 0.895. The minimum Gasteiger partial charge on any atom is -0.397 e. The first-order valence-electron chi connectivity index (χ1n) is 7.60. The Kier molecular flexibility index (Phi) is 3.55. The summed E-state index contributed by atoms with van der Waals surface area (Å²) in [6.07, 6.45) is 5.16. The minimum absolute atomic E-state index is 0.0910. The summed E-state index contributed by atoms with van der Waals surface area (Å²) in [7, 11) is 0. The highest BCUT2D eigenvalue weighted by atomic mass is 16.1. The Hall–Kier alpha value is -1.71. The number of amides is 1. The van der Waals surface area contributed by atoms with E-state index in [4.69, 9.17) is 5.73 Å². The van der Waals surface area contributed by atoms with Gasteiger partial charge in [-0.1, -0.05) is 6.92 Å². The quantitative estimate of drug-likeness (QED) is 0.774. The van der Waals surface area contributed by atoms with Crippen LogP contribution in [-0.4, -0.2) is 19.0 Å². The standard InChI is InChI=1S/C16H23N3O/c1-11-3-2-7-19(8-6-11)15-9-12-4-5-16(20)18-14(12)10-13(15)17/h9-11H,2-8,17H2,1H3,(H,18,20). The Bertz CT molecular complexity index is 527. The molecule has 1 unspecified atom stereocenters. The van der Waals surface area contributed by atoms with E-state index < -0.39 is 0 Å². The van der Waals surface area contributed by atoms with Gasteiger partial charge >= 0.3 is 0 Å². The van der Waals surface area contributed by atoms with Crippen LogP contribution >= 0.6 is 0 Å². The lowest BCUT2D eigenvalue weighted by Crippen LogP contribution is -2.26. The van der Waals surface area contributed by atoms with Gasteiger partial charge in [0.25, 0.3) is 0 Å². The zero-order valence-corrected chi connectivity index (χ0v) is 12.1. The van der Waals surface area contributed by atoms with Crippen LogP contribution < -0.4 is 16.0 Å². The van der Waals surface area contributed by atoms with Crippen LogP contribution in [0.25, 0.3) is 0 Å². The molecule has 2 heterocycles. The first-order chi connectivity index (χ1) is 9.63. The van der Waals surface area contributed by atoms with Gasteiger partial charge in [0.15, 0.2) is 0 Å². The zero-order valence-electron chi connectivity index (χ0n) is 12.1. The van der Waals surface area contributed by atoms with Crippen molar-refractivity contribution in [1.29, 1.82) is 0 Å². The third-order valence-corrected chi connectivity index (χ3v) is 4.51. The summed E-state index contributed by atoms with van der Waals surface area (Å²) in [6, 6.07) is 4.11. The number of hydrogen-bond donors (Lipinski definition) is 2. The van der Waals surface area contributed by atoms with Crippen molar-refractivity contribution in [2.75, 3.05) is 29.0 Å². The number of anilines is 3. The predicted molar refractivity (Wildman–Crippen MR) is 83.0 cm³/mol. The lowest BCUT2D eigenvalue weighted by Gasteiger charge is -2.27. The largest absolute Gasteiger partial charge is 0.397 e. The number of aryl methyl sites for hydroxylation is 1. The molecule has 1 amide bonds. The van der Waals surface area contributed by atoms with E-state index in [1.807, 2.05) is 6.07 Å². The van der Waals surface area contributed by atoms with Gasteiger partial charge in [-0.3, -0.25) is 4.79 Å². The molecule has 1 aromatic carbocycles. The van der Waals surface area contributed by atoms with Crippen LogP contribution in [0.2, 0.25) is 0 Å². The van der Waals surface area contributed by atoms with Crippen LogP contribution in [-0.2, 0) is 11.2 Å². The average Bonchev–Trinajstić information content (AvgIpc) is 2.63. The Labute approximate surface area is 120 Å². The van der Waals surface area contributed by atoms with Gasteiger partial charge < -0.3 is 16.0 Å². The maximum absolute atomic E-state index is 11.4. The second-order valence-corrected chi connectivity index (χ2v) is 6.14. The fourth-order valence-electron chi connectivity index (χ4n) is 3.21. The van der Waals surface area contributed by atoms with E-state index in [1.54, 1.807) is 0 Å². The maximum Gasteiger partial charge on any atom is 0.224 e. The molecule has 0 radical (unpaired) electrons. The van der Waals surface area contributed by atoms with Crippen LogP contribution in [0.1, 0.15) is 38.2 Å². The molecule has 1 atom stereocenters. The van der Waals surface area contributed by atoms with Crippen molar-refractivity contribution < 1.29 is 4.79 Å². The monoisotopic (exact) mass is 273 g/mol. The molecule has 0 aromatic heterocycles. The van der Waals surface area contributed by atoms with Crippen LogP contribution in [0.4, 0.5) is 17.1 Å². The molecule has 2 aliphatic heterocycles. The van der Waals surface area contributed by atoms with Crippen LogP contribution in [0, 0.1) is 5.92 Å². The highest BCUT2D eigenvalue weighted by Crippen LogP contribution is 2.34. The molecule has 4 heteroatoms. The smallest absolute Gasteiger partial charge is 0.224 e. The molecule has 3 N–H and O–H groups in total. The van der Waals surface area contributed by atoms with E-state index in [-0.39, 0.29) is 5.91 Å². The number of fused-ring (bicyclic) bond motifs is 1. The van der Waals surface area contributed by atoms with Crippen LogP contribution in [0.3, 0.4) is 0 Å². The normalized spacial score (nSPS) is 22.9. The summed E-state index contributed by atoms with van der Waals surface area (Å²) < 4.78 is 0. The molecule has 1 fully saturated rings. The Balaban J connectivity index is 1.88. The number of nitrogen functional groups attached to an aromatic ring is 1. The summed E-state index contributed by atoms with van der Waals surface area (Å²) in [4.78, 5) is 13.9. The average molecular weight is 273 g/mol. The number of nitrogens with two attached hydrogens (primary N) is 1. The lowest BCUT2D eigenvalue weighted by atomic mass is 10.0. The van der Waals surface area contributed by atoms with Crippen molar-refractivity contribution in [1.82, 2.24) is 0 Å². The number of nitrogens with zero attached hydrogens (tertiary/aromatic N) is 1. The van der Waals surface area contributed by atoms with E-state index >= 15 is 0 Å². The van der Waals surface area contributed by atoms with E-state index in [0.717, 1.165) is 42.5 Å². The van der Waals surface area contributed by atoms with Gasteiger partial charge in [-0.25, -0.2) is 0 Å². The molecule has 0 saturated carbocycles. The summed E-state index contributed by atoms with van der Waals surface area (Å²) >= 11 is 0. The Morgan fingerprint density at radius 3 is 2.95 bits per heavy atom. The zero-order chi connectivity index (χ0) is 14.1. The van der Waals surface area contributed by atoms with Crippen molar-refractivity contribution in [2.24, 2.45) is 5.92 Å². The number of carbonyl (C=O) groups is 1. The molecule has 0 spiro atoms. The molecule has 4 nitrogen and oxygen atoms in total. The molecule has 0 bridgehead atoms. The van der Waals surface area contributed by atoms with Crippen molar-refractivity contribution in [2.45, 2.75) is 39.0 Å². The van der Waals surface area contributed by atoms with Crippen molar-refractivity contribution in [3.05, 3.63) is 17.7 Å². The lowest BCUT2D eigenvalue weighted by molar-refractivity contribution is -0.116. The van der Waals surface area contributed by atoms with E-state index in [1.165, 1.54) is 24.8 Å². The molecule has 0 aliphatic carbocycles. The molecular formula is C16H23N3O. The van der Waals surface area contributed by atoms with E-state index in [2.05, 4.69) is 23.2 Å². The summed E-state index contributed by atoms with van der Waals surface area (Å²) in [5.41, 5.74) is 10.2. The Morgan fingerprint density at radius 2 is 2.10 bits per heavy atom. The van der Waals surface area contributed by atoms with Gasteiger partial charge in [0.1, 0.15) is 0 Å². The molecule has 108 valence electrons. The van der Waals surface area contributed by atoms with E-state index in [0.29, 0.717) is 6.42 Å². The highest BCUT2D eigenvalue weighted by Gasteiger charge is 2.20. The van der Waals surface area contributed by atoms with Gasteiger partial charge in [0, 0.05) is 25.2 Å². The first-order valence-corrected chi connectivity index (χ1v) is 7.60. The minimum atomic E-state index is 0.0910. The molecular weight excluding hydrogens is 250 g/mol. The van der Waals surface area contributed by atoms with E-state index in [9.17, 15) is 4.79 Å². The van der Waals surface area contributed by atoms with Gasteiger partial charge in [0.2, 0.25) is 5.91 Å². The second kappa shape index (κ2) is 5.35. The van der Waals surface area contributed by atoms with Crippen molar-refractivity contribution in [3.8, 4) is 0 Å². The van der Waals surface area contributed by atoms with Crippen molar-refractivity contribution >= 4 is 23.0 Å². The first kappa shape index (κ1) is 13.3. The number of nitrogens with one attached hydrogen (secondary N) is 1. The number of carbonyl (C=O) groups excluding carboxylic acids is 1. The van der Waals surface area contributed by atoms with Crippen LogP contribution in [0.5, 0.6) is 0 Å². The Morgan fingerprint density at radius 1 is 1.25 bits per heavy atom. The van der Waals surface area contributed by atoms with Gasteiger partial charge in [-0.2, -0.15) is 0 Å². The second-order valence-electron chi connectivity index (χ2n) is 6.14. The summed E-state index contributed by atoms with van der Waals surface area (Å²) in [6.45, 7) is 4.49. The number of benzene rings is 1. The number of rotatable bonds is 1. The number of hydrogen-bond acceptors (Lipinski definition) is 3. The summed E-state index contributed by atoms with van der Waals surface area (Å²) in [5, 5.41) is 2.91. The SMILES string of the molecule is CC1CCCN(c2cc3c(cc2N)NC(=O)CC3)CC1. The maximum atomic E-state index is 11.4. The predicted octanol–water partition coefficient (Wildman–Crippen LogP) is 2.78. The molecule has 3 rings (SSSR count). The third kappa shape index (κ3) is 2.60. The topological polar surface area (TPSA) is 58.4 Å². The van der Waals surface area contributed by atoms with Gasteiger partial charge in [0.05, 0.1) is 11.4 Å². The fraction of sp³-hybridized carbons (Fsp3) is 0.562. The molecule has 20 heavy (non-hydrogen) atoms. The molecule has 2 aliphatic rings. The van der Waals surface area contributed by atoms with Crippen LogP contribution in [0.15, 0.2) is 12.1 Å². The third-order valence-electron chi connectivity index (χ3n) is 4.51. The highest BCUT2D eigenvalue weighted by molar-refractivity contribution is 5.95. The molecule has 1 saturated heterocycles. The van der Waals surface area contributed by atoms with Crippen molar-refractivity contribution in [3.63, 3.8) is 0 Å². The molecule has 1 aromatic rings.